The van der Waals surface area contributed by atoms with Crippen molar-refractivity contribution in [3.8, 4) is 0 Å². The first-order chi connectivity index (χ1) is 5.70. The molecule has 0 saturated heterocycles. The van der Waals surface area contributed by atoms with Crippen LogP contribution in [0.25, 0.3) is 10.1 Å². The first kappa shape index (κ1) is 8.14. The van der Waals surface area contributed by atoms with Gasteiger partial charge in [0.15, 0.2) is 0 Å². The van der Waals surface area contributed by atoms with Crippen LogP contribution in [0.3, 0.4) is 0 Å². The van der Waals surface area contributed by atoms with Gasteiger partial charge in [-0.2, -0.15) is 0 Å². The minimum absolute atomic E-state index is 1.10. The number of rotatable bonds is 0. The lowest BCUT2D eigenvalue weighted by molar-refractivity contribution is 1.34. The van der Waals surface area contributed by atoms with Crippen LogP contribution in [0.15, 0.2) is 22.4 Å². The molecule has 2 heteroatoms. The van der Waals surface area contributed by atoms with Crippen molar-refractivity contribution >= 4 is 34.1 Å². The first-order valence-electron chi connectivity index (χ1n) is 3.86. The average molecular weight is 194 g/mol. The van der Waals surface area contributed by atoms with Gasteiger partial charge in [-0.1, -0.05) is 0 Å². The van der Waals surface area contributed by atoms with Crippen molar-refractivity contribution in [2.24, 2.45) is 0 Å². The lowest BCUT2D eigenvalue weighted by atomic mass is 10.1. The highest BCUT2D eigenvalue weighted by molar-refractivity contribution is 7.80. The van der Waals surface area contributed by atoms with Gasteiger partial charge in [0, 0.05) is 9.60 Å². The number of fused-ring (bicyclic) bond motifs is 1. The highest BCUT2D eigenvalue weighted by Crippen LogP contribution is 2.31. The zero-order valence-electron chi connectivity index (χ0n) is 7.09. The van der Waals surface area contributed by atoms with E-state index in [2.05, 4.69) is 44.0 Å². The quantitative estimate of drug-likeness (QED) is 0.606. The molecule has 1 aromatic heterocycles. The number of hydrogen-bond acceptors (Lipinski definition) is 2. The molecule has 0 atom stereocenters. The molecule has 0 nitrogen and oxygen atoms in total. The van der Waals surface area contributed by atoms with Crippen molar-refractivity contribution in [3.05, 3.63) is 28.6 Å². The van der Waals surface area contributed by atoms with Crippen LogP contribution in [0.5, 0.6) is 0 Å². The van der Waals surface area contributed by atoms with E-state index in [1.807, 2.05) is 0 Å². The molecule has 0 fully saturated rings. The summed E-state index contributed by atoms with van der Waals surface area (Å²) in [6.07, 6.45) is 0. The number of thiol groups is 1. The topological polar surface area (TPSA) is 0 Å². The Kier molecular flexibility index (Phi) is 1.89. The molecule has 0 radical (unpaired) electrons. The summed E-state index contributed by atoms with van der Waals surface area (Å²) < 4.78 is 1.31. The van der Waals surface area contributed by atoms with Crippen molar-refractivity contribution in [1.29, 1.82) is 0 Å². The lowest BCUT2D eigenvalue weighted by Gasteiger charge is -2.03. The van der Waals surface area contributed by atoms with Crippen LogP contribution in [0, 0.1) is 13.8 Å². The van der Waals surface area contributed by atoms with Gasteiger partial charge in [0.25, 0.3) is 0 Å². The van der Waals surface area contributed by atoms with Crippen LogP contribution >= 0.6 is 24.0 Å². The second kappa shape index (κ2) is 2.79. The maximum Gasteiger partial charge on any atom is 0.0478 e. The van der Waals surface area contributed by atoms with Gasteiger partial charge >= 0.3 is 0 Å². The molecule has 2 rings (SSSR count). The van der Waals surface area contributed by atoms with Gasteiger partial charge in [0.1, 0.15) is 0 Å². The monoisotopic (exact) mass is 194 g/mol. The van der Waals surface area contributed by atoms with Crippen LogP contribution in [-0.2, 0) is 0 Å². The maximum atomic E-state index is 4.44. The summed E-state index contributed by atoms with van der Waals surface area (Å²) in [6, 6.07) is 4.30. The summed E-state index contributed by atoms with van der Waals surface area (Å²) in [4.78, 5) is 1.10. The molecule has 1 heterocycles. The number of hydrogen-bond donors (Lipinski definition) is 1. The molecule has 0 aliphatic carbocycles. The fourth-order valence-corrected chi connectivity index (χ4v) is 2.73. The Labute approximate surface area is 81.6 Å². The highest BCUT2D eigenvalue weighted by Gasteiger charge is 2.04. The van der Waals surface area contributed by atoms with Crippen molar-refractivity contribution in [3.63, 3.8) is 0 Å². The summed E-state index contributed by atoms with van der Waals surface area (Å²) in [5, 5.41) is 3.47. The second-order valence-electron chi connectivity index (χ2n) is 3.00. The van der Waals surface area contributed by atoms with E-state index in [1.165, 1.54) is 21.2 Å². The van der Waals surface area contributed by atoms with E-state index < -0.39 is 0 Å². The van der Waals surface area contributed by atoms with Crippen LogP contribution in [-0.4, -0.2) is 0 Å². The summed E-state index contributed by atoms with van der Waals surface area (Å²) in [6.45, 7) is 4.30. The fraction of sp³-hybridized carbons (Fsp3) is 0.200. The molecule has 62 valence electrons. The van der Waals surface area contributed by atoms with Gasteiger partial charge < -0.3 is 0 Å². The van der Waals surface area contributed by atoms with E-state index in [4.69, 9.17) is 0 Å². The van der Waals surface area contributed by atoms with Gasteiger partial charge in [0.2, 0.25) is 0 Å². The fourth-order valence-electron chi connectivity index (χ4n) is 1.39. The molecule has 1 aromatic carbocycles. The maximum absolute atomic E-state index is 4.44. The molecule has 0 spiro atoms. The zero-order valence-corrected chi connectivity index (χ0v) is 8.80. The predicted molar refractivity (Wildman–Crippen MR) is 58.6 cm³/mol. The molecule has 0 amide bonds. The molecule has 0 saturated carbocycles. The zero-order chi connectivity index (χ0) is 8.72. The van der Waals surface area contributed by atoms with Gasteiger partial charge in [0.05, 0.1) is 0 Å². The first-order valence-corrected chi connectivity index (χ1v) is 5.19. The third-order valence-electron chi connectivity index (χ3n) is 2.25. The van der Waals surface area contributed by atoms with Crippen LogP contribution in [0.4, 0.5) is 0 Å². The van der Waals surface area contributed by atoms with Crippen molar-refractivity contribution < 1.29 is 0 Å². The molecule has 0 aliphatic rings. The smallest absolute Gasteiger partial charge is 0.0478 e. The third kappa shape index (κ3) is 1.06. The summed E-state index contributed by atoms with van der Waals surface area (Å²) in [5.74, 6) is 0. The van der Waals surface area contributed by atoms with E-state index in [1.54, 1.807) is 11.3 Å². The Balaban J connectivity index is 2.97. The van der Waals surface area contributed by atoms with E-state index in [0.29, 0.717) is 0 Å². The van der Waals surface area contributed by atoms with E-state index in [9.17, 15) is 0 Å². The summed E-state index contributed by atoms with van der Waals surface area (Å²) >= 11 is 6.20. The molecule has 2 aromatic rings. The number of benzene rings is 1. The Morgan fingerprint density at radius 1 is 1.33 bits per heavy atom. The molecule has 0 unspecified atom stereocenters. The Morgan fingerprint density at radius 3 is 2.83 bits per heavy atom. The molecule has 0 aliphatic heterocycles. The third-order valence-corrected chi connectivity index (χ3v) is 3.70. The van der Waals surface area contributed by atoms with E-state index in [-0.39, 0.29) is 0 Å². The highest BCUT2D eigenvalue weighted by atomic mass is 32.1. The van der Waals surface area contributed by atoms with Crippen molar-refractivity contribution in [2.75, 3.05) is 0 Å². The van der Waals surface area contributed by atoms with Gasteiger partial charge in [-0.05, 0) is 47.9 Å². The van der Waals surface area contributed by atoms with Gasteiger partial charge in [-0.3, -0.25) is 0 Å². The molecule has 0 bridgehead atoms. The van der Waals surface area contributed by atoms with Crippen molar-refractivity contribution in [1.82, 2.24) is 0 Å². The van der Waals surface area contributed by atoms with Gasteiger partial charge in [-0.25, -0.2) is 0 Å². The molecular weight excluding hydrogens is 184 g/mol. The number of aryl methyl sites for hydroxylation is 2. The minimum atomic E-state index is 1.10. The normalized spacial score (nSPS) is 10.9. The van der Waals surface area contributed by atoms with E-state index >= 15 is 0 Å². The van der Waals surface area contributed by atoms with Crippen molar-refractivity contribution in [2.45, 2.75) is 18.7 Å². The number of thiophene rings is 1. The Hall–Kier alpha value is -0.470. The second-order valence-corrected chi connectivity index (χ2v) is 4.40. The SMILES string of the molecule is Cc1cc(S)c2sccc2c1C. The Bertz CT molecular complexity index is 427. The van der Waals surface area contributed by atoms with Crippen LogP contribution in [0.1, 0.15) is 11.1 Å². The predicted octanol–water partition coefficient (Wildman–Crippen LogP) is 3.81. The minimum Gasteiger partial charge on any atom is -0.143 e. The van der Waals surface area contributed by atoms with Crippen LogP contribution < -0.4 is 0 Å². The molecule has 0 N–H and O–H groups in total. The van der Waals surface area contributed by atoms with Gasteiger partial charge in [-0.15, -0.1) is 24.0 Å². The molecule has 12 heavy (non-hydrogen) atoms. The standard InChI is InChI=1S/C10H10S2/c1-6-5-9(11)10-8(7(6)2)3-4-12-10/h3-5,11H,1-2H3. The summed E-state index contributed by atoms with van der Waals surface area (Å²) in [7, 11) is 0. The largest absolute Gasteiger partial charge is 0.143 e. The van der Waals surface area contributed by atoms with Crippen LogP contribution in [0.2, 0.25) is 0 Å². The molecular formula is C10H10S2. The lowest BCUT2D eigenvalue weighted by Crippen LogP contribution is -1.81. The summed E-state index contributed by atoms with van der Waals surface area (Å²) in [5.41, 5.74) is 2.70. The van der Waals surface area contributed by atoms with E-state index in [0.717, 1.165) is 4.90 Å². The Morgan fingerprint density at radius 2 is 2.08 bits per heavy atom. The average Bonchev–Trinajstić information content (AvgIpc) is 2.48.